The molecule has 0 saturated heterocycles. The number of amides is 1. The Morgan fingerprint density at radius 1 is 1.36 bits per heavy atom. The lowest BCUT2D eigenvalue weighted by atomic mass is 10.1. The standard InChI is InChI=1S/C16H18N8O4/c1-9(10-5-4-6-11(7-10)27-3)18-20-16(25)13-12(8-26-2)24(23-19-13)15-14(17)21-28-22-15/h4-7H,8H2,1-3H3,(H2,17,21)(H,20,25). The molecule has 1 amide bonds. The number of methoxy groups -OCH3 is 2. The largest absolute Gasteiger partial charge is 0.497 e. The van der Waals surface area contributed by atoms with Gasteiger partial charge in [0.05, 0.1) is 19.4 Å². The highest BCUT2D eigenvalue weighted by Gasteiger charge is 2.23. The highest BCUT2D eigenvalue weighted by atomic mass is 16.6. The van der Waals surface area contributed by atoms with Gasteiger partial charge >= 0.3 is 0 Å². The van der Waals surface area contributed by atoms with Crippen molar-refractivity contribution >= 4 is 17.4 Å². The van der Waals surface area contributed by atoms with Crippen molar-refractivity contribution in [1.82, 2.24) is 30.7 Å². The van der Waals surface area contributed by atoms with Crippen LogP contribution in [0.15, 0.2) is 34.0 Å². The van der Waals surface area contributed by atoms with Crippen LogP contribution in [0.5, 0.6) is 5.75 Å². The molecule has 12 nitrogen and oxygen atoms in total. The predicted octanol–water partition coefficient (Wildman–Crippen LogP) is 0.541. The fourth-order valence-corrected chi connectivity index (χ4v) is 2.35. The molecule has 0 aliphatic heterocycles. The summed E-state index contributed by atoms with van der Waals surface area (Å²) >= 11 is 0. The first kappa shape index (κ1) is 19.0. The summed E-state index contributed by atoms with van der Waals surface area (Å²) in [6, 6.07) is 7.29. The molecule has 3 aromatic rings. The zero-order valence-electron chi connectivity index (χ0n) is 15.4. The Hall–Kier alpha value is -3.80. The highest BCUT2D eigenvalue weighted by molar-refractivity contribution is 6.00. The minimum Gasteiger partial charge on any atom is -0.497 e. The lowest BCUT2D eigenvalue weighted by molar-refractivity contribution is 0.0944. The van der Waals surface area contributed by atoms with E-state index < -0.39 is 5.91 Å². The Morgan fingerprint density at radius 3 is 2.86 bits per heavy atom. The molecule has 28 heavy (non-hydrogen) atoms. The zero-order chi connectivity index (χ0) is 20.1. The number of nitrogens with zero attached hydrogens (tertiary/aromatic N) is 6. The summed E-state index contributed by atoms with van der Waals surface area (Å²) in [5, 5.41) is 19.0. The fourth-order valence-electron chi connectivity index (χ4n) is 2.35. The van der Waals surface area contributed by atoms with Crippen LogP contribution in [0.2, 0.25) is 0 Å². The summed E-state index contributed by atoms with van der Waals surface area (Å²) in [6.45, 7) is 1.78. The lowest BCUT2D eigenvalue weighted by Gasteiger charge is -2.06. The van der Waals surface area contributed by atoms with Crippen molar-refractivity contribution in [2.45, 2.75) is 13.5 Å². The van der Waals surface area contributed by atoms with Crippen molar-refractivity contribution in [3.8, 4) is 11.6 Å². The number of hydrogen-bond acceptors (Lipinski definition) is 10. The Morgan fingerprint density at radius 2 is 2.18 bits per heavy atom. The van der Waals surface area contributed by atoms with Gasteiger partial charge in [-0.15, -0.1) is 5.10 Å². The van der Waals surface area contributed by atoms with E-state index in [9.17, 15) is 4.79 Å². The average Bonchev–Trinajstić information content (AvgIpc) is 3.32. The number of nitrogens with two attached hydrogens (primary N) is 1. The van der Waals surface area contributed by atoms with E-state index in [0.29, 0.717) is 17.2 Å². The number of nitrogen functional groups attached to an aromatic ring is 1. The van der Waals surface area contributed by atoms with E-state index in [0.717, 1.165) is 5.56 Å². The molecule has 0 bridgehead atoms. The summed E-state index contributed by atoms with van der Waals surface area (Å²) in [5.74, 6) is 0.217. The second-order valence-corrected chi connectivity index (χ2v) is 5.57. The second kappa shape index (κ2) is 8.26. The van der Waals surface area contributed by atoms with E-state index in [-0.39, 0.29) is 23.9 Å². The van der Waals surface area contributed by atoms with Crippen molar-refractivity contribution in [3.05, 3.63) is 41.2 Å². The van der Waals surface area contributed by atoms with Gasteiger partial charge in [-0.2, -0.15) is 9.78 Å². The number of hydrazone groups is 1. The summed E-state index contributed by atoms with van der Waals surface area (Å²) in [7, 11) is 3.04. The van der Waals surface area contributed by atoms with Gasteiger partial charge in [0.15, 0.2) is 5.69 Å². The third kappa shape index (κ3) is 3.81. The van der Waals surface area contributed by atoms with Crippen molar-refractivity contribution in [2.75, 3.05) is 20.0 Å². The van der Waals surface area contributed by atoms with E-state index in [4.69, 9.17) is 15.2 Å². The first-order valence-corrected chi connectivity index (χ1v) is 8.06. The molecular formula is C16H18N8O4. The highest BCUT2D eigenvalue weighted by Crippen LogP contribution is 2.17. The van der Waals surface area contributed by atoms with Crippen molar-refractivity contribution < 1.29 is 18.9 Å². The SMILES string of the molecule is COCc1c(C(=O)NN=C(C)c2cccc(OC)c2)nnn1-c1nonc1N. The summed E-state index contributed by atoms with van der Waals surface area (Å²) < 4.78 is 16.1. The van der Waals surface area contributed by atoms with Gasteiger partial charge in [-0.05, 0) is 29.4 Å². The van der Waals surface area contributed by atoms with Gasteiger partial charge in [0.25, 0.3) is 5.91 Å². The van der Waals surface area contributed by atoms with Crippen LogP contribution in [-0.2, 0) is 11.3 Å². The molecule has 0 atom stereocenters. The normalized spacial score (nSPS) is 11.5. The lowest BCUT2D eigenvalue weighted by Crippen LogP contribution is -2.22. The number of benzene rings is 1. The van der Waals surface area contributed by atoms with Gasteiger partial charge in [0.2, 0.25) is 11.6 Å². The Bertz CT molecular complexity index is 1010. The Kier molecular flexibility index (Phi) is 5.60. The molecule has 1 aromatic carbocycles. The summed E-state index contributed by atoms with van der Waals surface area (Å²) in [4.78, 5) is 12.6. The maximum atomic E-state index is 12.6. The molecule has 2 aromatic heterocycles. The molecule has 0 saturated carbocycles. The average molecular weight is 386 g/mol. The summed E-state index contributed by atoms with van der Waals surface area (Å²) in [6.07, 6.45) is 0. The number of anilines is 1. The van der Waals surface area contributed by atoms with Gasteiger partial charge in [-0.1, -0.05) is 17.3 Å². The van der Waals surface area contributed by atoms with Gasteiger partial charge in [-0.3, -0.25) is 4.79 Å². The third-order valence-corrected chi connectivity index (χ3v) is 3.77. The summed E-state index contributed by atoms with van der Waals surface area (Å²) in [5.41, 5.74) is 9.83. The smallest absolute Gasteiger partial charge is 0.293 e. The molecule has 3 N–H and O–H groups in total. The van der Waals surface area contributed by atoms with Crippen LogP contribution in [0.4, 0.5) is 5.82 Å². The van der Waals surface area contributed by atoms with Gasteiger partial charge < -0.3 is 15.2 Å². The minimum absolute atomic E-state index is 0.00102. The van der Waals surface area contributed by atoms with Crippen LogP contribution in [-0.4, -0.2) is 51.1 Å². The van der Waals surface area contributed by atoms with Crippen LogP contribution >= 0.6 is 0 Å². The molecule has 146 valence electrons. The van der Waals surface area contributed by atoms with Gasteiger partial charge in [-0.25, -0.2) is 10.1 Å². The number of carbonyl (C=O) groups is 1. The third-order valence-electron chi connectivity index (χ3n) is 3.77. The fraction of sp³-hybridized carbons (Fsp3) is 0.250. The van der Waals surface area contributed by atoms with Crippen LogP contribution in [0.25, 0.3) is 5.82 Å². The number of aromatic nitrogens is 5. The second-order valence-electron chi connectivity index (χ2n) is 5.57. The molecule has 0 spiro atoms. The molecule has 12 heteroatoms. The van der Waals surface area contributed by atoms with E-state index in [1.807, 2.05) is 18.2 Å². The van der Waals surface area contributed by atoms with E-state index >= 15 is 0 Å². The topological polar surface area (TPSA) is 156 Å². The minimum atomic E-state index is -0.574. The molecule has 0 fully saturated rings. The van der Waals surface area contributed by atoms with E-state index in [1.54, 1.807) is 20.1 Å². The van der Waals surface area contributed by atoms with Crippen LogP contribution in [0.1, 0.15) is 28.7 Å². The molecule has 3 rings (SSSR count). The molecular weight excluding hydrogens is 368 g/mol. The maximum Gasteiger partial charge on any atom is 0.293 e. The van der Waals surface area contributed by atoms with Crippen molar-refractivity contribution in [3.63, 3.8) is 0 Å². The molecule has 0 aliphatic rings. The van der Waals surface area contributed by atoms with E-state index in [2.05, 4.69) is 35.8 Å². The first-order chi connectivity index (χ1) is 13.5. The van der Waals surface area contributed by atoms with Crippen LogP contribution in [0, 0.1) is 0 Å². The first-order valence-electron chi connectivity index (χ1n) is 8.06. The Labute approximate surface area is 159 Å². The molecule has 0 unspecified atom stereocenters. The molecule has 0 aliphatic carbocycles. The molecule has 0 radical (unpaired) electrons. The van der Waals surface area contributed by atoms with Crippen LogP contribution in [0.3, 0.4) is 0 Å². The van der Waals surface area contributed by atoms with Crippen LogP contribution < -0.4 is 15.9 Å². The number of carbonyl (C=O) groups excluding carboxylic acids is 1. The quantitative estimate of drug-likeness (QED) is 0.437. The zero-order valence-corrected chi connectivity index (χ0v) is 15.4. The Balaban J connectivity index is 1.84. The number of rotatable bonds is 7. The van der Waals surface area contributed by atoms with Gasteiger partial charge in [0, 0.05) is 12.7 Å². The maximum absolute atomic E-state index is 12.6. The monoisotopic (exact) mass is 386 g/mol. The number of ether oxygens (including phenoxy) is 2. The molecule has 2 heterocycles. The predicted molar refractivity (Wildman–Crippen MR) is 97.0 cm³/mol. The van der Waals surface area contributed by atoms with Crippen molar-refractivity contribution in [2.24, 2.45) is 5.10 Å². The van der Waals surface area contributed by atoms with Crippen molar-refractivity contribution in [1.29, 1.82) is 0 Å². The van der Waals surface area contributed by atoms with Gasteiger partial charge in [0.1, 0.15) is 11.4 Å². The number of hydrogen-bond donors (Lipinski definition) is 2. The number of nitrogens with one attached hydrogen (secondary N) is 1. The van der Waals surface area contributed by atoms with E-state index in [1.165, 1.54) is 11.8 Å².